The molecule has 4 N–H and O–H groups in total. The van der Waals surface area contributed by atoms with Crippen molar-refractivity contribution >= 4 is 5.91 Å². The van der Waals surface area contributed by atoms with Crippen molar-refractivity contribution in [1.29, 1.82) is 0 Å². The van der Waals surface area contributed by atoms with Gasteiger partial charge in [0, 0.05) is 13.1 Å². The molecule has 0 aromatic heterocycles. The SMILES string of the molecule is CCCCN(CCN)CC(N)=O. The maximum absolute atomic E-state index is 10.6. The number of nitrogens with zero attached hydrogens (tertiary/aromatic N) is 1. The van der Waals surface area contributed by atoms with E-state index in [1.807, 2.05) is 4.90 Å². The molecule has 0 bridgehead atoms. The number of hydrogen-bond donors (Lipinski definition) is 2. The summed E-state index contributed by atoms with van der Waals surface area (Å²) in [6.07, 6.45) is 2.22. The fraction of sp³-hybridized carbons (Fsp3) is 0.875. The largest absolute Gasteiger partial charge is 0.369 e. The van der Waals surface area contributed by atoms with E-state index >= 15 is 0 Å². The van der Waals surface area contributed by atoms with E-state index in [-0.39, 0.29) is 5.91 Å². The monoisotopic (exact) mass is 173 g/mol. The standard InChI is InChI=1S/C8H19N3O/c1-2-3-5-11(6-4-9)7-8(10)12/h2-7,9H2,1H3,(H2,10,12). The molecule has 0 saturated carbocycles. The van der Waals surface area contributed by atoms with Crippen molar-refractivity contribution in [2.45, 2.75) is 19.8 Å². The molecule has 0 aliphatic carbocycles. The van der Waals surface area contributed by atoms with E-state index in [0.29, 0.717) is 13.1 Å². The lowest BCUT2D eigenvalue weighted by molar-refractivity contribution is -0.119. The Kier molecular flexibility index (Phi) is 6.70. The Labute approximate surface area is 73.9 Å². The van der Waals surface area contributed by atoms with Crippen molar-refractivity contribution in [3.8, 4) is 0 Å². The predicted octanol–water partition coefficient (Wildman–Crippen LogP) is -0.467. The van der Waals surface area contributed by atoms with Gasteiger partial charge in [-0.1, -0.05) is 13.3 Å². The van der Waals surface area contributed by atoms with Crippen molar-refractivity contribution in [3.05, 3.63) is 0 Å². The lowest BCUT2D eigenvalue weighted by Crippen LogP contribution is -2.37. The first-order chi connectivity index (χ1) is 5.70. The molecule has 0 atom stereocenters. The van der Waals surface area contributed by atoms with E-state index in [1.165, 1.54) is 0 Å². The van der Waals surface area contributed by atoms with E-state index in [0.717, 1.165) is 25.9 Å². The lowest BCUT2D eigenvalue weighted by Gasteiger charge is -2.18. The molecule has 0 radical (unpaired) electrons. The molecular weight excluding hydrogens is 154 g/mol. The minimum atomic E-state index is -0.278. The summed E-state index contributed by atoms with van der Waals surface area (Å²) < 4.78 is 0. The molecule has 4 nitrogen and oxygen atoms in total. The Morgan fingerprint density at radius 1 is 1.42 bits per heavy atom. The zero-order chi connectivity index (χ0) is 9.40. The van der Waals surface area contributed by atoms with Crippen molar-refractivity contribution in [1.82, 2.24) is 4.90 Å². The van der Waals surface area contributed by atoms with Gasteiger partial charge in [-0.3, -0.25) is 9.69 Å². The number of unbranched alkanes of at least 4 members (excludes halogenated alkanes) is 1. The highest BCUT2D eigenvalue weighted by atomic mass is 16.1. The van der Waals surface area contributed by atoms with Gasteiger partial charge in [0.25, 0.3) is 0 Å². The van der Waals surface area contributed by atoms with Crippen molar-refractivity contribution in [2.24, 2.45) is 11.5 Å². The van der Waals surface area contributed by atoms with Gasteiger partial charge in [-0.15, -0.1) is 0 Å². The zero-order valence-electron chi connectivity index (χ0n) is 7.75. The van der Waals surface area contributed by atoms with E-state index in [2.05, 4.69) is 6.92 Å². The third-order valence-corrected chi connectivity index (χ3v) is 1.65. The second-order valence-corrected chi connectivity index (χ2v) is 2.88. The Hall–Kier alpha value is -0.610. The summed E-state index contributed by atoms with van der Waals surface area (Å²) in [5.74, 6) is -0.278. The molecule has 1 amide bonds. The van der Waals surface area contributed by atoms with Crippen LogP contribution in [-0.2, 0) is 4.79 Å². The van der Waals surface area contributed by atoms with Crippen molar-refractivity contribution in [2.75, 3.05) is 26.2 Å². The molecule has 0 spiro atoms. The Bertz CT molecular complexity index is 127. The number of hydrogen-bond acceptors (Lipinski definition) is 3. The molecule has 0 aromatic carbocycles. The number of nitrogens with two attached hydrogens (primary N) is 2. The van der Waals surface area contributed by atoms with Crippen LogP contribution in [0.1, 0.15) is 19.8 Å². The van der Waals surface area contributed by atoms with Crippen LogP contribution < -0.4 is 11.5 Å². The van der Waals surface area contributed by atoms with Gasteiger partial charge < -0.3 is 11.5 Å². The molecule has 4 heteroatoms. The maximum Gasteiger partial charge on any atom is 0.231 e. The average Bonchev–Trinajstić information content (AvgIpc) is 2.00. The van der Waals surface area contributed by atoms with E-state index < -0.39 is 0 Å². The molecule has 0 heterocycles. The Balaban J connectivity index is 3.61. The maximum atomic E-state index is 10.6. The predicted molar refractivity (Wildman–Crippen MR) is 49.6 cm³/mol. The van der Waals surface area contributed by atoms with E-state index in [9.17, 15) is 4.79 Å². The number of rotatable bonds is 7. The molecular formula is C8H19N3O. The van der Waals surface area contributed by atoms with Gasteiger partial charge in [-0.2, -0.15) is 0 Å². The molecule has 0 unspecified atom stereocenters. The van der Waals surface area contributed by atoms with Gasteiger partial charge in [-0.25, -0.2) is 0 Å². The molecule has 12 heavy (non-hydrogen) atoms. The first kappa shape index (κ1) is 11.4. The van der Waals surface area contributed by atoms with Crippen LogP contribution in [0.4, 0.5) is 0 Å². The summed E-state index contributed by atoms with van der Waals surface area (Å²) in [6.45, 7) is 4.69. The number of carbonyl (C=O) groups excluding carboxylic acids is 1. The highest BCUT2D eigenvalue weighted by Gasteiger charge is 2.05. The summed E-state index contributed by atoms with van der Waals surface area (Å²) in [7, 11) is 0. The summed E-state index contributed by atoms with van der Waals surface area (Å²) in [6, 6.07) is 0. The smallest absolute Gasteiger partial charge is 0.231 e. The Morgan fingerprint density at radius 3 is 2.50 bits per heavy atom. The zero-order valence-corrected chi connectivity index (χ0v) is 7.75. The fourth-order valence-corrected chi connectivity index (χ4v) is 1.05. The number of primary amides is 1. The summed E-state index contributed by atoms with van der Waals surface area (Å²) in [5.41, 5.74) is 10.5. The third-order valence-electron chi connectivity index (χ3n) is 1.65. The first-order valence-electron chi connectivity index (χ1n) is 4.41. The van der Waals surface area contributed by atoms with E-state index in [1.54, 1.807) is 0 Å². The lowest BCUT2D eigenvalue weighted by atomic mass is 10.3. The van der Waals surface area contributed by atoms with Gasteiger partial charge in [0.05, 0.1) is 6.54 Å². The van der Waals surface area contributed by atoms with Crippen LogP contribution in [0.3, 0.4) is 0 Å². The van der Waals surface area contributed by atoms with Gasteiger partial charge in [-0.05, 0) is 13.0 Å². The minimum Gasteiger partial charge on any atom is -0.369 e. The molecule has 0 saturated heterocycles. The van der Waals surface area contributed by atoms with Gasteiger partial charge in [0.2, 0.25) is 5.91 Å². The highest BCUT2D eigenvalue weighted by molar-refractivity contribution is 5.75. The van der Waals surface area contributed by atoms with Crippen LogP contribution in [0.25, 0.3) is 0 Å². The van der Waals surface area contributed by atoms with Crippen LogP contribution in [0.2, 0.25) is 0 Å². The second-order valence-electron chi connectivity index (χ2n) is 2.88. The normalized spacial score (nSPS) is 10.6. The molecule has 0 aliphatic heterocycles. The van der Waals surface area contributed by atoms with Crippen LogP contribution in [-0.4, -0.2) is 37.0 Å². The second kappa shape index (κ2) is 7.06. The van der Waals surface area contributed by atoms with Crippen LogP contribution in [0.5, 0.6) is 0 Å². The third kappa shape index (κ3) is 6.12. The topological polar surface area (TPSA) is 72.3 Å². The quantitative estimate of drug-likeness (QED) is 0.547. The van der Waals surface area contributed by atoms with E-state index in [4.69, 9.17) is 11.5 Å². The summed E-state index contributed by atoms with van der Waals surface area (Å²) >= 11 is 0. The van der Waals surface area contributed by atoms with Crippen LogP contribution in [0, 0.1) is 0 Å². The van der Waals surface area contributed by atoms with Crippen molar-refractivity contribution in [3.63, 3.8) is 0 Å². The molecule has 72 valence electrons. The molecule has 0 fully saturated rings. The molecule has 0 aromatic rings. The van der Waals surface area contributed by atoms with Gasteiger partial charge >= 0.3 is 0 Å². The number of carbonyl (C=O) groups is 1. The Morgan fingerprint density at radius 2 is 2.08 bits per heavy atom. The highest BCUT2D eigenvalue weighted by Crippen LogP contribution is 1.93. The van der Waals surface area contributed by atoms with Crippen LogP contribution >= 0.6 is 0 Å². The summed E-state index contributed by atoms with van der Waals surface area (Å²) in [4.78, 5) is 12.6. The molecule has 0 aliphatic rings. The van der Waals surface area contributed by atoms with Gasteiger partial charge in [0.1, 0.15) is 0 Å². The first-order valence-corrected chi connectivity index (χ1v) is 4.41. The van der Waals surface area contributed by atoms with Crippen LogP contribution in [0.15, 0.2) is 0 Å². The minimum absolute atomic E-state index is 0.278. The van der Waals surface area contributed by atoms with Crippen molar-refractivity contribution < 1.29 is 4.79 Å². The van der Waals surface area contributed by atoms with Gasteiger partial charge in [0.15, 0.2) is 0 Å². The number of amides is 1. The summed E-state index contributed by atoms with van der Waals surface area (Å²) in [5, 5.41) is 0. The fourth-order valence-electron chi connectivity index (χ4n) is 1.05. The molecule has 0 rings (SSSR count). The average molecular weight is 173 g/mol.